The van der Waals surface area contributed by atoms with Crippen LogP contribution in [0.25, 0.3) is 10.9 Å². The molecule has 0 aliphatic heterocycles. The van der Waals surface area contributed by atoms with Gasteiger partial charge in [-0.2, -0.15) is 0 Å². The number of rotatable bonds is 6. The summed E-state index contributed by atoms with van der Waals surface area (Å²) in [5.74, 6) is -2.71. The average Bonchev–Trinajstić information content (AvgIpc) is 2.56. The SMILES string of the molecule is CCn1cc(C(=O)N[C@@H](CC(C)C)C(=O)O)c(=O)c2cc(F)c(Cl)cc21. The number of nitrogens with zero attached hydrogens (tertiary/aromatic N) is 1. The number of halogens is 2. The van der Waals surface area contributed by atoms with Gasteiger partial charge >= 0.3 is 5.97 Å². The van der Waals surface area contributed by atoms with Crippen molar-refractivity contribution in [3.05, 3.63) is 45.0 Å². The predicted octanol–water partition coefficient (Wildman–Crippen LogP) is 3.04. The minimum atomic E-state index is -1.18. The van der Waals surface area contributed by atoms with E-state index in [1.54, 1.807) is 11.5 Å². The first-order chi connectivity index (χ1) is 12.1. The highest BCUT2D eigenvalue weighted by Crippen LogP contribution is 2.21. The van der Waals surface area contributed by atoms with Crippen LogP contribution in [0.1, 0.15) is 37.6 Å². The fourth-order valence-electron chi connectivity index (χ4n) is 2.74. The van der Waals surface area contributed by atoms with Crippen LogP contribution in [0.3, 0.4) is 0 Å². The summed E-state index contributed by atoms with van der Waals surface area (Å²) in [6, 6.07) is 1.21. The van der Waals surface area contributed by atoms with E-state index < -0.39 is 29.2 Å². The van der Waals surface area contributed by atoms with Crippen molar-refractivity contribution in [2.75, 3.05) is 0 Å². The zero-order valence-corrected chi connectivity index (χ0v) is 15.4. The van der Waals surface area contributed by atoms with Crippen LogP contribution in [0.15, 0.2) is 23.1 Å². The van der Waals surface area contributed by atoms with Crippen LogP contribution in [0, 0.1) is 11.7 Å². The Hall–Kier alpha value is -2.41. The number of benzene rings is 1. The van der Waals surface area contributed by atoms with E-state index in [1.165, 1.54) is 12.3 Å². The Bertz CT molecular complexity index is 924. The summed E-state index contributed by atoms with van der Waals surface area (Å²) in [7, 11) is 0. The third-order valence-electron chi connectivity index (χ3n) is 4.02. The largest absolute Gasteiger partial charge is 0.480 e. The third-order valence-corrected chi connectivity index (χ3v) is 4.31. The maximum Gasteiger partial charge on any atom is 0.326 e. The lowest BCUT2D eigenvalue weighted by atomic mass is 10.0. The fourth-order valence-corrected chi connectivity index (χ4v) is 2.90. The van der Waals surface area contributed by atoms with Crippen LogP contribution in [-0.2, 0) is 11.3 Å². The minimum absolute atomic E-state index is 0.0112. The number of carboxylic acid groups (broad SMARTS) is 1. The highest BCUT2D eigenvalue weighted by atomic mass is 35.5. The highest BCUT2D eigenvalue weighted by Gasteiger charge is 2.24. The zero-order valence-electron chi connectivity index (χ0n) is 14.7. The Labute approximate surface area is 154 Å². The van der Waals surface area contributed by atoms with Crippen LogP contribution >= 0.6 is 11.6 Å². The average molecular weight is 383 g/mol. The Morgan fingerprint density at radius 3 is 2.54 bits per heavy atom. The molecular formula is C18H20ClFN2O4. The van der Waals surface area contributed by atoms with Gasteiger partial charge in [0, 0.05) is 18.1 Å². The number of carbonyl (C=O) groups is 2. The lowest BCUT2D eigenvalue weighted by Crippen LogP contribution is -2.43. The molecule has 2 rings (SSSR count). The number of pyridine rings is 1. The second kappa shape index (κ2) is 7.86. The van der Waals surface area contributed by atoms with Crippen molar-refractivity contribution < 1.29 is 19.1 Å². The van der Waals surface area contributed by atoms with E-state index in [9.17, 15) is 23.9 Å². The lowest BCUT2D eigenvalue weighted by molar-refractivity contribution is -0.139. The summed E-state index contributed by atoms with van der Waals surface area (Å²) in [4.78, 5) is 36.5. The molecule has 0 spiro atoms. The molecule has 0 unspecified atom stereocenters. The fraction of sp³-hybridized carbons (Fsp3) is 0.389. The van der Waals surface area contributed by atoms with Crippen LogP contribution in [0.5, 0.6) is 0 Å². The number of aromatic nitrogens is 1. The Balaban J connectivity index is 2.53. The second-order valence-corrected chi connectivity index (χ2v) is 6.84. The molecule has 1 heterocycles. The molecule has 140 valence electrons. The van der Waals surface area contributed by atoms with Crippen molar-refractivity contribution >= 4 is 34.4 Å². The number of carboxylic acids is 1. The molecular weight excluding hydrogens is 363 g/mol. The molecule has 0 saturated heterocycles. The Kier molecular flexibility index (Phi) is 6.02. The molecule has 0 aliphatic rings. The molecule has 6 nitrogen and oxygen atoms in total. The first kappa shape index (κ1) is 19.9. The first-order valence-corrected chi connectivity index (χ1v) is 8.59. The zero-order chi connectivity index (χ0) is 19.6. The van der Waals surface area contributed by atoms with Gasteiger partial charge in [0.25, 0.3) is 5.91 Å². The minimum Gasteiger partial charge on any atom is -0.480 e. The van der Waals surface area contributed by atoms with E-state index in [-0.39, 0.29) is 28.3 Å². The van der Waals surface area contributed by atoms with Crippen LogP contribution in [0.2, 0.25) is 5.02 Å². The molecule has 8 heteroatoms. The van der Waals surface area contributed by atoms with Gasteiger partial charge in [0.05, 0.1) is 10.5 Å². The van der Waals surface area contributed by atoms with Gasteiger partial charge in [0.1, 0.15) is 17.4 Å². The number of hydrogen-bond acceptors (Lipinski definition) is 3. The van der Waals surface area contributed by atoms with E-state index in [0.29, 0.717) is 12.1 Å². The monoisotopic (exact) mass is 382 g/mol. The van der Waals surface area contributed by atoms with Gasteiger partial charge in [-0.1, -0.05) is 25.4 Å². The molecule has 0 bridgehead atoms. The summed E-state index contributed by atoms with van der Waals surface area (Å²) in [5.41, 5.74) is -0.514. The van der Waals surface area contributed by atoms with Gasteiger partial charge < -0.3 is 15.0 Å². The smallest absolute Gasteiger partial charge is 0.326 e. The van der Waals surface area contributed by atoms with Crippen molar-refractivity contribution in [3.63, 3.8) is 0 Å². The molecule has 1 aromatic carbocycles. The molecule has 0 saturated carbocycles. The molecule has 2 N–H and O–H groups in total. The molecule has 26 heavy (non-hydrogen) atoms. The number of carbonyl (C=O) groups excluding carboxylic acids is 1. The summed E-state index contributed by atoms with van der Waals surface area (Å²) in [6.07, 6.45) is 1.56. The lowest BCUT2D eigenvalue weighted by Gasteiger charge is -2.17. The topological polar surface area (TPSA) is 88.4 Å². The van der Waals surface area contributed by atoms with E-state index >= 15 is 0 Å². The summed E-state index contributed by atoms with van der Waals surface area (Å²) in [6.45, 7) is 5.86. The van der Waals surface area contributed by atoms with E-state index in [0.717, 1.165) is 6.07 Å². The second-order valence-electron chi connectivity index (χ2n) is 6.44. The predicted molar refractivity (Wildman–Crippen MR) is 97.2 cm³/mol. The maximum atomic E-state index is 13.8. The summed E-state index contributed by atoms with van der Waals surface area (Å²) >= 11 is 5.79. The van der Waals surface area contributed by atoms with Crippen LogP contribution < -0.4 is 10.7 Å². The van der Waals surface area contributed by atoms with E-state index in [1.807, 2.05) is 13.8 Å². The third kappa shape index (κ3) is 4.04. The number of aryl methyl sites for hydroxylation is 1. The number of fused-ring (bicyclic) bond motifs is 1. The summed E-state index contributed by atoms with van der Waals surface area (Å²) < 4.78 is 15.4. The highest BCUT2D eigenvalue weighted by molar-refractivity contribution is 6.31. The van der Waals surface area contributed by atoms with E-state index in [4.69, 9.17) is 11.6 Å². The van der Waals surface area contributed by atoms with Crippen molar-refractivity contribution in [1.29, 1.82) is 0 Å². The Morgan fingerprint density at radius 1 is 1.35 bits per heavy atom. The van der Waals surface area contributed by atoms with Gasteiger partial charge in [-0.25, -0.2) is 9.18 Å². The van der Waals surface area contributed by atoms with Crippen molar-refractivity contribution in [3.8, 4) is 0 Å². The van der Waals surface area contributed by atoms with Gasteiger partial charge in [-0.05, 0) is 31.4 Å². The van der Waals surface area contributed by atoms with Gasteiger partial charge in [0.2, 0.25) is 5.43 Å². The van der Waals surface area contributed by atoms with Gasteiger partial charge in [0.15, 0.2) is 0 Å². The summed E-state index contributed by atoms with van der Waals surface area (Å²) in [5, 5.41) is 11.5. The molecule has 2 aromatic rings. The van der Waals surface area contributed by atoms with Crippen LogP contribution in [-0.4, -0.2) is 27.6 Å². The van der Waals surface area contributed by atoms with Crippen molar-refractivity contribution in [2.45, 2.75) is 39.8 Å². The Morgan fingerprint density at radius 2 is 2.00 bits per heavy atom. The molecule has 0 radical (unpaired) electrons. The number of nitrogens with one attached hydrogen (secondary N) is 1. The number of amides is 1. The normalized spacial score (nSPS) is 12.4. The molecule has 0 fully saturated rings. The van der Waals surface area contributed by atoms with Gasteiger partial charge in [-0.3, -0.25) is 9.59 Å². The van der Waals surface area contributed by atoms with Gasteiger partial charge in [-0.15, -0.1) is 0 Å². The van der Waals surface area contributed by atoms with Crippen molar-refractivity contribution in [1.82, 2.24) is 9.88 Å². The number of hydrogen-bond donors (Lipinski definition) is 2. The first-order valence-electron chi connectivity index (χ1n) is 8.21. The van der Waals surface area contributed by atoms with E-state index in [2.05, 4.69) is 5.32 Å². The molecule has 0 aliphatic carbocycles. The standard InChI is InChI=1S/C18H20ClFN2O4/c1-4-22-8-11(17(24)21-14(18(25)26)5-9(2)3)16(23)10-6-13(20)12(19)7-15(10)22/h6-9,14H,4-5H2,1-3H3,(H,21,24)(H,25,26)/t14-/m0/s1. The molecule has 1 amide bonds. The number of aliphatic carboxylic acids is 1. The van der Waals surface area contributed by atoms with Crippen LogP contribution in [0.4, 0.5) is 4.39 Å². The molecule has 1 atom stereocenters. The maximum absolute atomic E-state index is 13.8. The quantitative estimate of drug-likeness (QED) is 0.803. The molecule has 1 aromatic heterocycles. The van der Waals surface area contributed by atoms with Crippen molar-refractivity contribution in [2.24, 2.45) is 5.92 Å².